The molecule has 2 rings (SSSR count). The van der Waals surface area contributed by atoms with Crippen LogP contribution in [-0.2, 0) is 17.8 Å². The van der Waals surface area contributed by atoms with Crippen LogP contribution in [0.25, 0.3) is 0 Å². The van der Waals surface area contributed by atoms with Crippen molar-refractivity contribution in [2.24, 2.45) is 11.1 Å². The van der Waals surface area contributed by atoms with Gasteiger partial charge in [-0.2, -0.15) is 0 Å². The lowest BCUT2D eigenvalue weighted by molar-refractivity contribution is -0.132. The summed E-state index contributed by atoms with van der Waals surface area (Å²) in [4.78, 5) is 15.7. The van der Waals surface area contributed by atoms with Crippen molar-refractivity contribution in [3.05, 3.63) is 21.9 Å². The molecule has 19 heavy (non-hydrogen) atoms. The molecule has 1 atom stereocenters. The van der Waals surface area contributed by atoms with Crippen LogP contribution in [0.2, 0.25) is 0 Å². The van der Waals surface area contributed by atoms with Crippen molar-refractivity contribution < 1.29 is 4.79 Å². The monoisotopic (exact) mass is 280 g/mol. The van der Waals surface area contributed by atoms with Crippen LogP contribution in [0.3, 0.4) is 0 Å². The summed E-state index contributed by atoms with van der Waals surface area (Å²) in [6.07, 6.45) is 2.35. The Labute approximate surface area is 119 Å². The minimum atomic E-state index is -0.0311. The van der Waals surface area contributed by atoms with Crippen LogP contribution in [0.4, 0.5) is 0 Å². The maximum atomic E-state index is 12.3. The maximum Gasteiger partial charge on any atom is 0.224 e. The number of hydrogen-bond donors (Lipinski definition) is 1. The van der Waals surface area contributed by atoms with Gasteiger partial charge < -0.3 is 10.6 Å². The van der Waals surface area contributed by atoms with Crippen molar-refractivity contribution in [2.45, 2.75) is 52.6 Å². The number of nitrogens with zero attached hydrogens (tertiary/aromatic N) is 1. The molecule has 1 unspecified atom stereocenters. The van der Waals surface area contributed by atoms with Crippen molar-refractivity contribution in [1.29, 1.82) is 0 Å². The molecular weight excluding hydrogens is 256 g/mol. The fourth-order valence-electron chi connectivity index (χ4n) is 2.67. The van der Waals surface area contributed by atoms with E-state index in [1.807, 2.05) is 4.90 Å². The Balaban J connectivity index is 1.88. The molecule has 3 nitrogen and oxygen atoms in total. The van der Waals surface area contributed by atoms with Gasteiger partial charge >= 0.3 is 0 Å². The van der Waals surface area contributed by atoms with E-state index < -0.39 is 0 Å². The first-order valence-electron chi connectivity index (χ1n) is 6.94. The summed E-state index contributed by atoms with van der Waals surface area (Å²) in [6.45, 7) is 8.09. The molecule has 0 saturated carbocycles. The van der Waals surface area contributed by atoms with Gasteiger partial charge in [-0.05, 0) is 35.3 Å². The minimum Gasteiger partial charge on any atom is -0.338 e. The van der Waals surface area contributed by atoms with Crippen LogP contribution in [0.1, 0.15) is 44.1 Å². The van der Waals surface area contributed by atoms with Gasteiger partial charge in [0.05, 0.1) is 0 Å². The SMILES string of the molecule is CC(C)(C)CC(N)CC(=O)N1CCc2sccc2C1. The summed E-state index contributed by atoms with van der Waals surface area (Å²) in [5.41, 5.74) is 7.59. The maximum absolute atomic E-state index is 12.3. The summed E-state index contributed by atoms with van der Waals surface area (Å²) >= 11 is 1.80. The Morgan fingerprint density at radius 2 is 2.26 bits per heavy atom. The third-order valence-electron chi connectivity index (χ3n) is 3.47. The van der Waals surface area contributed by atoms with Gasteiger partial charge in [0.15, 0.2) is 0 Å². The van der Waals surface area contributed by atoms with E-state index in [9.17, 15) is 4.79 Å². The highest BCUT2D eigenvalue weighted by atomic mass is 32.1. The predicted molar refractivity (Wildman–Crippen MR) is 80.1 cm³/mol. The number of hydrogen-bond acceptors (Lipinski definition) is 3. The number of thiophene rings is 1. The third kappa shape index (κ3) is 4.05. The highest BCUT2D eigenvalue weighted by Crippen LogP contribution is 2.25. The van der Waals surface area contributed by atoms with Crippen molar-refractivity contribution in [1.82, 2.24) is 4.90 Å². The van der Waals surface area contributed by atoms with E-state index in [0.29, 0.717) is 6.42 Å². The molecule has 1 aliphatic rings. The Morgan fingerprint density at radius 1 is 1.53 bits per heavy atom. The van der Waals surface area contributed by atoms with Crippen LogP contribution in [-0.4, -0.2) is 23.4 Å². The highest BCUT2D eigenvalue weighted by molar-refractivity contribution is 7.10. The number of amides is 1. The Bertz CT molecular complexity index is 447. The van der Waals surface area contributed by atoms with Gasteiger partial charge in [0.1, 0.15) is 0 Å². The van der Waals surface area contributed by atoms with E-state index in [1.165, 1.54) is 10.4 Å². The summed E-state index contributed by atoms with van der Waals surface area (Å²) in [5.74, 6) is 0.202. The van der Waals surface area contributed by atoms with Crippen LogP contribution in [0.5, 0.6) is 0 Å². The zero-order valence-corrected chi connectivity index (χ0v) is 12.9. The highest BCUT2D eigenvalue weighted by Gasteiger charge is 2.24. The fraction of sp³-hybridized carbons (Fsp3) is 0.667. The van der Waals surface area contributed by atoms with E-state index >= 15 is 0 Å². The van der Waals surface area contributed by atoms with Crippen molar-refractivity contribution >= 4 is 17.2 Å². The molecule has 4 heteroatoms. The molecule has 1 aliphatic heterocycles. The van der Waals surface area contributed by atoms with Gasteiger partial charge in [0.2, 0.25) is 5.91 Å². The van der Waals surface area contributed by atoms with Crippen molar-refractivity contribution in [2.75, 3.05) is 6.54 Å². The van der Waals surface area contributed by atoms with Crippen LogP contribution >= 0.6 is 11.3 Å². The smallest absolute Gasteiger partial charge is 0.224 e. The molecule has 0 saturated heterocycles. The van der Waals surface area contributed by atoms with E-state index in [1.54, 1.807) is 11.3 Å². The lowest BCUT2D eigenvalue weighted by Gasteiger charge is -2.29. The lowest BCUT2D eigenvalue weighted by Crippen LogP contribution is -2.39. The lowest BCUT2D eigenvalue weighted by atomic mass is 9.87. The quantitative estimate of drug-likeness (QED) is 0.925. The molecule has 1 amide bonds. The van der Waals surface area contributed by atoms with E-state index in [4.69, 9.17) is 5.73 Å². The summed E-state index contributed by atoms with van der Waals surface area (Å²) < 4.78 is 0. The molecule has 0 aliphatic carbocycles. The average Bonchev–Trinajstić information content (AvgIpc) is 2.72. The molecule has 0 fully saturated rings. The molecule has 1 aromatic heterocycles. The zero-order chi connectivity index (χ0) is 14.0. The second kappa shape index (κ2) is 5.63. The fourth-order valence-corrected chi connectivity index (χ4v) is 3.56. The first-order chi connectivity index (χ1) is 8.85. The van der Waals surface area contributed by atoms with E-state index in [2.05, 4.69) is 32.2 Å². The third-order valence-corrected chi connectivity index (χ3v) is 4.49. The molecule has 2 heterocycles. The minimum absolute atomic E-state index is 0.0311. The summed E-state index contributed by atoms with van der Waals surface area (Å²) in [6, 6.07) is 2.10. The van der Waals surface area contributed by atoms with Crippen molar-refractivity contribution in [3.8, 4) is 0 Å². The molecule has 0 bridgehead atoms. The summed E-state index contributed by atoms with van der Waals surface area (Å²) in [5, 5.41) is 2.12. The molecule has 2 N–H and O–H groups in total. The Morgan fingerprint density at radius 3 is 2.95 bits per heavy atom. The second-order valence-electron chi connectivity index (χ2n) is 6.66. The van der Waals surface area contributed by atoms with Gasteiger partial charge in [-0.1, -0.05) is 20.8 Å². The summed E-state index contributed by atoms with van der Waals surface area (Å²) in [7, 11) is 0. The normalized spacial score (nSPS) is 17.2. The van der Waals surface area contributed by atoms with Gasteiger partial charge in [0.25, 0.3) is 0 Å². The van der Waals surface area contributed by atoms with E-state index in [-0.39, 0.29) is 17.4 Å². The standard InChI is InChI=1S/C15H24N2OS/c1-15(2,3)9-12(16)8-14(18)17-6-4-13-11(10-17)5-7-19-13/h5,7,12H,4,6,8-10,16H2,1-3H3. The number of carbonyl (C=O) groups is 1. The second-order valence-corrected chi connectivity index (χ2v) is 7.66. The number of fused-ring (bicyclic) bond motifs is 1. The van der Waals surface area contributed by atoms with Gasteiger partial charge in [-0.3, -0.25) is 4.79 Å². The van der Waals surface area contributed by atoms with Gasteiger partial charge in [0, 0.05) is 30.4 Å². The first kappa shape index (κ1) is 14.5. The van der Waals surface area contributed by atoms with Crippen molar-refractivity contribution in [3.63, 3.8) is 0 Å². The number of rotatable bonds is 3. The molecule has 1 aromatic rings. The molecule has 0 aromatic carbocycles. The molecule has 106 valence electrons. The molecule has 0 radical (unpaired) electrons. The largest absolute Gasteiger partial charge is 0.338 e. The molecule has 0 spiro atoms. The Kier molecular flexibility index (Phi) is 4.31. The zero-order valence-electron chi connectivity index (χ0n) is 12.1. The van der Waals surface area contributed by atoms with E-state index in [0.717, 1.165) is 25.9 Å². The van der Waals surface area contributed by atoms with Gasteiger partial charge in [-0.15, -0.1) is 11.3 Å². The number of carbonyl (C=O) groups excluding carboxylic acids is 1. The Hall–Kier alpha value is -0.870. The topological polar surface area (TPSA) is 46.3 Å². The predicted octanol–water partition coefficient (Wildman–Crippen LogP) is 2.79. The van der Waals surface area contributed by atoms with Crippen LogP contribution in [0.15, 0.2) is 11.4 Å². The number of nitrogens with two attached hydrogens (primary N) is 1. The van der Waals surface area contributed by atoms with Crippen LogP contribution < -0.4 is 5.73 Å². The molecular formula is C15H24N2OS. The van der Waals surface area contributed by atoms with Crippen LogP contribution in [0, 0.1) is 5.41 Å². The van der Waals surface area contributed by atoms with Gasteiger partial charge in [-0.25, -0.2) is 0 Å². The first-order valence-corrected chi connectivity index (χ1v) is 7.82. The average molecular weight is 280 g/mol.